The van der Waals surface area contributed by atoms with Gasteiger partial charge in [-0.2, -0.15) is 4.98 Å². The Morgan fingerprint density at radius 2 is 2.22 bits per heavy atom. The van der Waals surface area contributed by atoms with E-state index in [1.165, 1.54) is 18.7 Å². The topological polar surface area (TPSA) is 102 Å². The van der Waals surface area contributed by atoms with Crippen LogP contribution in [0.25, 0.3) is 27.7 Å². The average molecular weight is 524 g/mol. The Hall–Kier alpha value is -3.97. The molecule has 1 aliphatic heterocycles. The van der Waals surface area contributed by atoms with Gasteiger partial charge in [0, 0.05) is 17.5 Å². The number of carbonyl (C=O) groups excluding carboxylic acids is 1. The lowest BCUT2D eigenvalue weighted by Gasteiger charge is -2.38. The summed E-state index contributed by atoms with van der Waals surface area (Å²) >= 11 is 0. The molecule has 5 rings (SSSR count). The minimum absolute atomic E-state index is 0.0473. The van der Waals surface area contributed by atoms with Gasteiger partial charge in [-0.3, -0.25) is 4.79 Å². The van der Waals surface area contributed by atoms with Gasteiger partial charge in [0.05, 0.1) is 43.5 Å². The van der Waals surface area contributed by atoms with E-state index in [0.29, 0.717) is 21.5 Å². The molecule has 10 nitrogen and oxygen atoms in total. The number of rotatable bonds is 6. The summed E-state index contributed by atoms with van der Waals surface area (Å²) in [6.07, 6.45) is -0.441. The van der Waals surface area contributed by atoms with Crippen LogP contribution in [0.3, 0.4) is 0 Å². The lowest BCUT2D eigenvalue weighted by atomic mass is 10.0. The van der Waals surface area contributed by atoms with E-state index in [4.69, 9.17) is 8.85 Å². The van der Waals surface area contributed by atoms with Crippen LogP contribution in [0.1, 0.15) is 24.3 Å². The number of alkyl halides is 3. The summed E-state index contributed by atoms with van der Waals surface area (Å²) in [5, 5.41) is 14.6. The van der Waals surface area contributed by atoms with E-state index in [2.05, 4.69) is 25.7 Å². The number of ether oxygens (including phenoxy) is 1. The number of methoxy groups -OCH3 is 1. The number of benzene rings is 1. The Morgan fingerprint density at radius 3 is 2.92 bits per heavy atom. The van der Waals surface area contributed by atoms with Crippen molar-refractivity contribution in [3.8, 4) is 17.0 Å². The first-order chi connectivity index (χ1) is 18.8. The highest BCUT2D eigenvalue weighted by molar-refractivity contribution is 5.89. The smallest absolute Gasteiger partial charge is 0.285 e. The number of anilines is 1. The van der Waals surface area contributed by atoms with Crippen LogP contribution in [0.5, 0.6) is 5.88 Å². The van der Waals surface area contributed by atoms with Crippen molar-refractivity contribution in [2.24, 2.45) is 0 Å². The Balaban J connectivity index is 1.47. The number of piperidine rings is 1. The van der Waals surface area contributed by atoms with Crippen LogP contribution < -0.4 is 10.1 Å². The Bertz CT molecular complexity index is 1590. The fourth-order valence-corrected chi connectivity index (χ4v) is 4.44. The van der Waals surface area contributed by atoms with Crippen LogP contribution in [-0.4, -0.2) is 78.7 Å². The van der Waals surface area contributed by atoms with Crippen LogP contribution in [0.4, 0.5) is 23.5 Å². The molecule has 2 atom stereocenters. The number of hydrogen-bond acceptors (Lipinski definition) is 7. The summed E-state index contributed by atoms with van der Waals surface area (Å²) in [6.45, 7) is -3.02. The first-order valence-electron chi connectivity index (χ1n) is 12.8. The Labute approximate surface area is 212 Å². The summed E-state index contributed by atoms with van der Waals surface area (Å²) in [6, 6.07) is 3.26. The number of likely N-dealkylation sites (tertiary alicyclic amines) is 1. The zero-order chi connectivity index (χ0) is 29.0. The Morgan fingerprint density at radius 1 is 1.41 bits per heavy atom. The lowest BCUT2D eigenvalue weighted by molar-refractivity contribution is -0.140. The quantitative estimate of drug-likeness (QED) is 0.387. The molecule has 1 fully saturated rings. The van der Waals surface area contributed by atoms with Gasteiger partial charge in [0.2, 0.25) is 17.7 Å². The van der Waals surface area contributed by atoms with Crippen LogP contribution in [-0.2, 0) is 11.3 Å². The van der Waals surface area contributed by atoms with Crippen LogP contribution >= 0.6 is 0 Å². The molecule has 14 heteroatoms. The molecule has 0 saturated carbocycles. The molecule has 196 valence electrons. The normalized spacial score (nSPS) is 19.9. The minimum Gasteiger partial charge on any atom is -0.479 e. The van der Waals surface area contributed by atoms with Crippen molar-refractivity contribution in [1.29, 1.82) is 0 Å². The van der Waals surface area contributed by atoms with Crippen molar-refractivity contribution in [2.45, 2.75) is 44.9 Å². The summed E-state index contributed by atoms with van der Waals surface area (Å²) in [5.41, 5.74) is 1.52. The van der Waals surface area contributed by atoms with E-state index in [1.807, 2.05) is 0 Å². The van der Waals surface area contributed by atoms with E-state index in [-0.39, 0.29) is 42.4 Å². The predicted molar refractivity (Wildman–Crippen MR) is 126 cm³/mol. The zero-order valence-electron chi connectivity index (χ0n) is 22.8. The molecule has 0 radical (unpaired) electrons. The molecule has 37 heavy (non-hydrogen) atoms. The van der Waals surface area contributed by atoms with Gasteiger partial charge in [-0.25, -0.2) is 26.8 Å². The van der Waals surface area contributed by atoms with Gasteiger partial charge < -0.3 is 15.0 Å². The van der Waals surface area contributed by atoms with E-state index < -0.39 is 43.3 Å². The second-order valence-electron chi connectivity index (χ2n) is 8.82. The molecular weight excluding hydrogens is 496 g/mol. The number of halogens is 4. The maximum atomic E-state index is 15.3. The monoisotopic (exact) mass is 523 g/mol. The number of hydrogen-bond donors (Lipinski definition) is 1. The van der Waals surface area contributed by atoms with E-state index in [9.17, 15) is 18.0 Å². The van der Waals surface area contributed by atoms with Crippen LogP contribution in [0.15, 0.2) is 24.4 Å². The highest BCUT2D eigenvalue weighted by Crippen LogP contribution is 2.36. The van der Waals surface area contributed by atoms with Gasteiger partial charge in [0.1, 0.15) is 17.2 Å². The van der Waals surface area contributed by atoms with Crippen molar-refractivity contribution in [3.05, 3.63) is 30.2 Å². The average Bonchev–Trinajstić information content (AvgIpc) is 3.42. The third-order valence-corrected chi connectivity index (χ3v) is 6.16. The molecule has 1 aromatic carbocycles. The molecule has 0 unspecified atom stereocenters. The molecule has 1 saturated heterocycles. The molecule has 0 spiro atoms. The van der Waals surface area contributed by atoms with Gasteiger partial charge in [-0.05, 0) is 31.0 Å². The van der Waals surface area contributed by atoms with Crippen molar-refractivity contribution < 1.29 is 31.2 Å². The number of carbonyl (C=O) groups is 1. The molecule has 4 heterocycles. The summed E-state index contributed by atoms with van der Waals surface area (Å²) in [5.74, 6) is -5.97. The number of amides is 1. The molecule has 4 aromatic rings. The van der Waals surface area contributed by atoms with Gasteiger partial charge >= 0.3 is 0 Å². The second kappa shape index (κ2) is 9.16. The molecule has 1 aliphatic rings. The first-order valence-corrected chi connectivity index (χ1v) is 11.3. The standard InChI is InChI=1S/C23H24F4N8O2/c1-12(24)9-34-17-8-14(4-5-16(17)30-32-34)19-15(25)10-35-20(19)21(37-3)29-22(31-35)28-18-6-7-33(13(2)36)11-23(18,26)27/h4-5,8,10,12,18H,6-7,9,11H2,1-3H3,(H,28,31)/t12-,18+/m0/s1/i2D3. The third-order valence-electron chi connectivity index (χ3n) is 6.16. The zero-order valence-corrected chi connectivity index (χ0v) is 19.8. The fraction of sp³-hybridized carbons (Fsp3) is 0.435. The molecule has 1 amide bonds. The van der Waals surface area contributed by atoms with Crippen LogP contribution in [0, 0.1) is 5.82 Å². The van der Waals surface area contributed by atoms with Gasteiger partial charge in [-0.1, -0.05) is 11.3 Å². The first kappa shape index (κ1) is 21.1. The van der Waals surface area contributed by atoms with Gasteiger partial charge in [-0.15, -0.1) is 10.2 Å². The third kappa shape index (κ3) is 4.51. The SMILES string of the molecule is [2H]C([2H])([2H])C(=O)N1CC[C@@H](Nc2nc(OC)c3c(-c4ccc5nnn(C[C@H](C)F)c5c4)c(F)cn3n2)C(F)(F)C1. The molecular formula is C23H24F4N8O2. The van der Waals surface area contributed by atoms with E-state index >= 15 is 4.39 Å². The number of aromatic nitrogens is 6. The summed E-state index contributed by atoms with van der Waals surface area (Å²) in [4.78, 5) is 16.8. The minimum atomic E-state index is -3.51. The van der Waals surface area contributed by atoms with Crippen molar-refractivity contribution in [1.82, 2.24) is 34.5 Å². The van der Waals surface area contributed by atoms with Crippen molar-refractivity contribution in [3.63, 3.8) is 0 Å². The molecule has 1 N–H and O–H groups in total. The fourth-order valence-electron chi connectivity index (χ4n) is 4.44. The predicted octanol–water partition coefficient (Wildman–Crippen LogP) is 3.31. The lowest BCUT2D eigenvalue weighted by Crippen LogP contribution is -2.55. The molecule has 3 aromatic heterocycles. The second-order valence-corrected chi connectivity index (χ2v) is 8.82. The van der Waals surface area contributed by atoms with Gasteiger partial charge in [0.15, 0.2) is 5.82 Å². The Kier molecular flexibility index (Phi) is 5.23. The van der Waals surface area contributed by atoms with Crippen LogP contribution in [0.2, 0.25) is 0 Å². The number of fused-ring (bicyclic) bond motifs is 2. The highest BCUT2D eigenvalue weighted by atomic mass is 19.3. The van der Waals surface area contributed by atoms with E-state index in [0.717, 1.165) is 10.7 Å². The maximum Gasteiger partial charge on any atom is 0.285 e. The number of nitrogens with one attached hydrogen (secondary N) is 1. The highest BCUT2D eigenvalue weighted by Gasteiger charge is 2.46. The van der Waals surface area contributed by atoms with Crippen molar-refractivity contribution >= 4 is 28.4 Å². The largest absolute Gasteiger partial charge is 0.479 e. The summed E-state index contributed by atoms with van der Waals surface area (Å²) in [7, 11) is 1.28. The van der Waals surface area contributed by atoms with Crippen molar-refractivity contribution in [2.75, 3.05) is 25.5 Å². The number of nitrogens with zero attached hydrogens (tertiary/aromatic N) is 7. The van der Waals surface area contributed by atoms with E-state index in [1.54, 1.807) is 18.2 Å². The summed E-state index contributed by atoms with van der Waals surface area (Å²) < 4.78 is 88.2. The molecule has 0 bridgehead atoms. The molecule has 0 aliphatic carbocycles. The van der Waals surface area contributed by atoms with Gasteiger partial charge in [0.25, 0.3) is 5.92 Å². The maximum absolute atomic E-state index is 15.3.